The Kier molecular flexibility index (Phi) is 4.83. The van der Waals surface area contributed by atoms with Crippen molar-refractivity contribution in [2.75, 3.05) is 33.7 Å². The molecule has 0 aromatic heterocycles. The minimum absolute atomic E-state index is 0.178. The zero-order valence-electron chi connectivity index (χ0n) is 15.6. The Bertz CT molecular complexity index is 596. The quantitative estimate of drug-likeness (QED) is 0.846. The third kappa shape index (κ3) is 3.22. The van der Waals surface area contributed by atoms with Crippen LogP contribution in [0, 0.1) is 5.92 Å². The summed E-state index contributed by atoms with van der Waals surface area (Å²) in [5.41, 5.74) is 1.38. The first-order valence-electron chi connectivity index (χ1n) is 9.91. The van der Waals surface area contributed by atoms with E-state index in [4.69, 9.17) is 0 Å². The molecule has 25 heavy (non-hydrogen) atoms. The molecule has 3 heterocycles. The van der Waals surface area contributed by atoms with E-state index < -0.39 is 0 Å². The number of amides is 1. The van der Waals surface area contributed by atoms with Gasteiger partial charge < -0.3 is 9.80 Å². The average Bonchev–Trinajstić information content (AvgIpc) is 3.24. The van der Waals surface area contributed by atoms with Gasteiger partial charge in [-0.05, 0) is 64.3 Å². The molecule has 0 saturated carbocycles. The monoisotopic (exact) mass is 341 g/mol. The van der Waals surface area contributed by atoms with Crippen molar-refractivity contribution in [3.63, 3.8) is 0 Å². The maximum absolute atomic E-state index is 13.3. The Balaban J connectivity index is 1.49. The van der Waals surface area contributed by atoms with E-state index in [0.717, 1.165) is 38.9 Å². The Labute approximate surface area is 151 Å². The van der Waals surface area contributed by atoms with E-state index in [-0.39, 0.29) is 5.92 Å². The summed E-state index contributed by atoms with van der Waals surface area (Å²) in [7, 11) is 4.23. The van der Waals surface area contributed by atoms with E-state index in [0.29, 0.717) is 24.0 Å². The van der Waals surface area contributed by atoms with Crippen LogP contribution in [-0.4, -0.2) is 66.4 Å². The van der Waals surface area contributed by atoms with Gasteiger partial charge in [0.15, 0.2) is 0 Å². The number of piperidine rings is 1. The predicted molar refractivity (Wildman–Crippen MR) is 100 cm³/mol. The lowest BCUT2D eigenvalue weighted by atomic mass is 9.92. The average molecular weight is 341 g/mol. The second kappa shape index (κ2) is 7.08. The minimum Gasteiger partial charge on any atom is -0.342 e. The zero-order valence-corrected chi connectivity index (χ0v) is 15.6. The summed E-state index contributed by atoms with van der Waals surface area (Å²) in [5.74, 6) is 0.572. The van der Waals surface area contributed by atoms with E-state index in [2.05, 4.69) is 52.1 Å². The molecule has 3 fully saturated rings. The number of hydrogen-bond acceptors (Lipinski definition) is 3. The molecule has 1 aromatic carbocycles. The molecule has 0 bridgehead atoms. The first kappa shape index (κ1) is 17.0. The standard InChI is InChI=1S/C21H31N3O/c1-22-13-10-17(11-14-22)23(2)21(25)18-15-20(16-7-4-3-5-8-16)24-12-6-9-19(18)24/h3-5,7-8,17-20H,6,9-15H2,1-2H3/t18-,19+,20-/m1/s1. The second-order valence-corrected chi connectivity index (χ2v) is 8.20. The van der Waals surface area contributed by atoms with Crippen molar-refractivity contribution in [1.29, 1.82) is 0 Å². The molecule has 0 N–H and O–H groups in total. The molecule has 1 amide bonds. The molecule has 3 aliphatic heterocycles. The fraction of sp³-hybridized carbons (Fsp3) is 0.667. The van der Waals surface area contributed by atoms with Crippen LogP contribution in [0.2, 0.25) is 0 Å². The van der Waals surface area contributed by atoms with Gasteiger partial charge in [0.2, 0.25) is 5.91 Å². The number of likely N-dealkylation sites (tertiary alicyclic amines) is 1. The highest BCUT2D eigenvalue weighted by Crippen LogP contribution is 2.45. The molecule has 0 spiro atoms. The minimum atomic E-state index is 0.178. The number of carbonyl (C=O) groups is 1. The highest BCUT2D eigenvalue weighted by Gasteiger charge is 2.48. The SMILES string of the molecule is CN1CCC(N(C)C(=O)[C@@H]2C[C@H](c3ccccc3)N3CCC[C@@H]23)CC1. The van der Waals surface area contributed by atoms with Gasteiger partial charge in [-0.2, -0.15) is 0 Å². The van der Waals surface area contributed by atoms with Crippen molar-refractivity contribution in [2.24, 2.45) is 5.92 Å². The normalized spacial score (nSPS) is 31.2. The van der Waals surface area contributed by atoms with Crippen molar-refractivity contribution < 1.29 is 4.79 Å². The van der Waals surface area contributed by atoms with Crippen molar-refractivity contribution >= 4 is 5.91 Å². The number of benzene rings is 1. The summed E-state index contributed by atoms with van der Waals surface area (Å²) in [4.78, 5) is 20.4. The third-order valence-electron chi connectivity index (χ3n) is 6.77. The predicted octanol–water partition coefficient (Wildman–Crippen LogP) is 2.76. The molecule has 4 heteroatoms. The molecule has 4 rings (SSSR count). The molecule has 3 atom stereocenters. The largest absolute Gasteiger partial charge is 0.342 e. The number of rotatable bonds is 3. The molecule has 3 saturated heterocycles. The number of carbonyl (C=O) groups excluding carboxylic acids is 1. The lowest BCUT2D eigenvalue weighted by Crippen LogP contribution is -2.48. The first-order chi connectivity index (χ1) is 12.1. The van der Waals surface area contributed by atoms with Gasteiger partial charge in [0.1, 0.15) is 0 Å². The molecule has 0 aliphatic carbocycles. The maximum atomic E-state index is 13.3. The van der Waals surface area contributed by atoms with Crippen molar-refractivity contribution in [1.82, 2.24) is 14.7 Å². The fourth-order valence-corrected chi connectivity index (χ4v) is 5.26. The smallest absolute Gasteiger partial charge is 0.227 e. The van der Waals surface area contributed by atoms with E-state index in [1.807, 2.05) is 7.05 Å². The van der Waals surface area contributed by atoms with Gasteiger partial charge in [-0.25, -0.2) is 0 Å². The van der Waals surface area contributed by atoms with Crippen molar-refractivity contribution in [2.45, 2.75) is 50.2 Å². The fourth-order valence-electron chi connectivity index (χ4n) is 5.26. The molecular weight excluding hydrogens is 310 g/mol. The van der Waals surface area contributed by atoms with E-state index in [1.165, 1.54) is 18.4 Å². The third-order valence-corrected chi connectivity index (χ3v) is 6.77. The lowest BCUT2D eigenvalue weighted by molar-refractivity contribution is -0.137. The second-order valence-electron chi connectivity index (χ2n) is 8.20. The van der Waals surface area contributed by atoms with Crippen LogP contribution in [0.1, 0.15) is 43.7 Å². The van der Waals surface area contributed by atoms with E-state index in [9.17, 15) is 4.79 Å². The van der Waals surface area contributed by atoms with E-state index in [1.54, 1.807) is 0 Å². The highest BCUT2D eigenvalue weighted by atomic mass is 16.2. The van der Waals surface area contributed by atoms with Crippen LogP contribution in [0.5, 0.6) is 0 Å². The number of nitrogens with zero attached hydrogens (tertiary/aromatic N) is 3. The summed E-state index contributed by atoms with van der Waals surface area (Å²) >= 11 is 0. The van der Waals surface area contributed by atoms with Gasteiger partial charge in [0.05, 0.1) is 5.92 Å². The van der Waals surface area contributed by atoms with Crippen LogP contribution in [0.4, 0.5) is 0 Å². The summed E-state index contributed by atoms with van der Waals surface area (Å²) < 4.78 is 0. The summed E-state index contributed by atoms with van der Waals surface area (Å²) in [5, 5.41) is 0. The van der Waals surface area contributed by atoms with Crippen LogP contribution in [0.3, 0.4) is 0 Å². The summed E-state index contributed by atoms with van der Waals surface area (Å²) in [6.07, 6.45) is 5.63. The maximum Gasteiger partial charge on any atom is 0.227 e. The number of fused-ring (bicyclic) bond motifs is 1. The van der Waals surface area contributed by atoms with Crippen molar-refractivity contribution in [3.8, 4) is 0 Å². The molecule has 3 aliphatic rings. The van der Waals surface area contributed by atoms with Crippen LogP contribution >= 0.6 is 0 Å². The van der Waals surface area contributed by atoms with Gasteiger partial charge in [0.25, 0.3) is 0 Å². The summed E-state index contributed by atoms with van der Waals surface area (Å²) in [6.45, 7) is 3.36. The Hall–Kier alpha value is -1.39. The molecule has 1 aromatic rings. The zero-order chi connectivity index (χ0) is 17.4. The first-order valence-corrected chi connectivity index (χ1v) is 9.91. The van der Waals surface area contributed by atoms with Gasteiger partial charge in [-0.3, -0.25) is 9.69 Å². The Morgan fingerprint density at radius 2 is 1.80 bits per heavy atom. The Morgan fingerprint density at radius 1 is 1.08 bits per heavy atom. The van der Waals surface area contributed by atoms with Crippen LogP contribution in [0.15, 0.2) is 30.3 Å². The van der Waals surface area contributed by atoms with Crippen LogP contribution in [-0.2, 0) is 4.79 Å². The highest BCUT2D eigenvalue weighted by molar-refractivity contribution is 5.80. The molecule has 0 unspecified atom stereocenters. The molecule has 4 nitrogen and oxygen atoms in total. The van der Waals surface area contributed by atoms with Gasteiger partial charge in [0, 0.05) is 25.2 Å². The van der Waals surface area contributed by atoms with Crippen LogP contribution in [0.25, 0.3) is 0 Å². The topological polar surface area (TPSA) is 26.8 Å². The Morgan fingerprint density at radius 3 is 2.52 bits per heavy atom. The van der Waals surface area contributed by atoms with Gasteiger partial charge in [-0.15, -0.1) is 0 Å². The molecule has 136 valence electrons. The molecule has 0 radical (unpaired) electrons. The van der Waals surface area contributed by atoms with Crippen LogP contribution < -0.4 is 0 Å². The summed E-state index contributed by atoms with van der Waals surface area (Å²) in [6, 6.07) is 12.1. The molecular formula is C21H31N3O. The van der Waals surface area contributed by atoms with Crippen molar-refractivity contribution in [3.05, 3.63) is 35.9 Å². The van der Waals surface area contributed by atoms with Gasteiger partial charge >= 0.3 is 0 Å². The van der Waals surface area contributed by atoms with E-state index >= 15 is 0 Å². The lowest BCUT2D eigenvalue weighted by Gasteiger charge is -2.37. The van der Waals surface area contributed by atoms with Gasteiger partial charge in [-0.1, -0.05) is 30.3 Å². The number of hydrogen-bond donors (Lipinski definition) is 0.